The van der Waals surface area contributed by atoms with Gasteiger partial charge in [-0.05, 0) is 48.4 Å². The number of methoxy groups -OCH3 is 1. The Morgan fingerprint density at radius 3 is 2.62 bits per heavy atom. The molecule has 1 fully saturated rings. The lowest BCUT2D eigenvalue weighted by Gasteiger charge is -2.55. The summed E-state index contributed by atoms with van der Waals surface area (Å²) in [7, 11) is 1.53. The molecule has 0 bridgehead atoms. The van der Waals surface area contributed by atoms with Gasteiger partial charge in [0, 0.05) is 59.7 Å². The largest absolute Gasteiger partial charge is 0.493 e. The number of aromatic amines is 1. The van der Waals surface area contributed by atoms with Crippen molar-refractivity contribution < 1.29 is 68.3 Å². The van der Waals surface area contributed by atoms with Crippen LogP contribution >= 0.6 is 0 Å². The first-order chi connectivity index (χ1) is 30.9. The molecule has 336 valence electrons. The molecule has 2 aromatic heterocycles. The number of aliphatic carboxylic acids is 1. The quantitative estimate of drug-likeness (QED) is 0.0699. The number of nitrogens with two attached hydrogens (primary N) is 1. The number of aliphatic hydroxyl groups excluding tert-OH is 3. The molecule has 18 nitrogen and oxygen atoms in total. The van der Waals surface area contributed by atoms with E-state index in [2.05, 4.69) is 10.3 Å². The Hall–Kier alpha value is -6.28. The maximum absolute atomic E-state index is 12.8. The zero-order valence-corrected chi connectivity index (χ0v) is 34.6. The number of fused-ring (bicyclic) bond motifs is 8. The highest BCUT2D eigenvalue weighted by Crippen LogP contribution is 2.60. The van der Waals surface area contributed by atoms with E-state index in [1.165, 1.54) is 19.4 Å². The van der Waals surface area contributed by atoms with Gasteiger partial charge in [0.05, 0.1) is 25.2 Å². The van der Waals surface area contributed by atoms with Gasteiger partial charge in [-0.25, -0.2) is 0 Å². The molecule has 1 spiro atoms. The number of rotatable bonds is 11. The highest BCUT2D eigenvalue weighted by Gasteiger charge is 2.66. The van der Waals surface area contributed by atoms with Crippen LogP contribution in [0.3, 0.4) is 0 Å². The van der Waals surface area contributed by atoms with Crippen LogP contribution in [-0.4, -0.2) is 115 Å². The number of hydrogen-bond acceptors (Lipinski definition) is 15. The lowest BCUT2D eigenvalue weighted by atomic mass is 9.73. The maximum atomic E-state index is 12.8. The smallest absolute Gasteiger partial charge is 0.317 e. The molecule has 5 aliphatic heterocycles. The molecule has 0 saturated carbocycles. The Kier molecular flexibility index (Phi) is 10.5. The van der Waals surface area contributed by atoms with E-state index >= 15 is 0 Å². The van der Waals surface area contributed by atoms with Gasteiger partial charge in [-0.15, -0.1) is 0 Å². The van der Waals surface area contributed by atoms with Crippen LogP contribution in [0.5, 0.6) is 28.7 Å². The standard InChI is InChI=1S/C46H48N4O14/c1-58-29-8-7-26-35-31(17-23-5-3-2-4-6-23)60-32-18-30-25(27(21-50-20-24-10-13-48-28(24)22-50)36(32)39(35)63-37(26)38(29)59-16-15-51)9-11-45(57)40(55)41(56)46(64-44(45)61-30)12-14-49-43(47)42(46)62-34(54)19-33(52)53/h2-8,10,12-14,18,20,22,31,35,39-44,48-49,51,55-57H,9,11,15-17,19,21,47H2,1H3,(H,52,53)/t31-,35-,39-,40+,41+,42+,43-,44-,45-,46+/m1/s1. The molecule has 10 rings (SSSR count). The normalized spacial score (nSPS) is 29.7. The van der Waals surface area contributed by atoms with E-state index in [9.17, 15) is 35.1 Å². The number of aliphatic hydroxyl groups is 4. The Labute approximate surface area is 365 Å². The van der Waals surface area contributed by atoms with Crippen LogP contribution in [-0.2, 0) is 38.4 Å². The predicted molar refractivity (Wildman–Crippen MR) is 224 cm³/mol. The second-order valence-corrected chi connectivity index (χ2v) is 16.8. The molecule has 3 aromatic carbocycles. The van der Waals surface area contributed by atoms with E-state index in [1.807, 2.05) is 71.7 Å². The van der Waals surface area contributed by atoms with E-state index in [0.717, 1.165) is 33.2 Å². The second kappa shape index (κ2) is 16.1. The first-order valence-electron chi connectivity index (χ1n) is 21.1. The minimum Gasteiger partial charge on any atom is -0.493 e. The maximum Gasteiger partial charge on any atom is 0.317 e. The molecule has 18 heteroatoms. The number of carbonyl (C=O) groups is 2. The lowest BCUT2D eigenvalue weighted by molar-refractivity contribution is -0.354. The number of nitrogens with zero attached hydrogens (tertiary/aromatic N) is 1. The monoisotopic (exact) mass is 880 g/mol. The van der Waals surface area contributed by atoms with Crippen LogP contribution in [0.15, 0.2) is 85.5 Å². The van der Waals surface area contributed by atoms with Gasteiger partial charge in [-0.3, -0.25) is 9.59 Å². The van der Waals surface area contributed by atoms with E-state index in [4.69, 9.17) is 38.9 Å². The zero-order chi connectivity index (χ0) is 44.5. The number of nitrogens with one attached hydrogen (secondary N) is 2. The summed E-state index contributed by atoms with van der Waals surface area (Å²) in [5, 5.41) is 59.1. The van der Waals surface area contributed by atoms with Gasteiger partial charge in [0.25, 0.3) is 0 Å². The number of H-pyrrole nitrogens is 1. The van der Waals surface area contributed by atoms with Crippen molar-refractivity contribution in [3.05, 3.63) is 113 Å². The van der Waals surface area contributed by atoms with Crippen LogP contribution in [0.1, 0.15) is 52.7 Å². The van der Waals surface area contributed by atoms with Crippen molar-refractivity contribution in [2.24, 2.45) is 5.73 Å². The molecule has 0 aliphatic carbocycles. The van der Waals surface area contributed by atoms with Crippen molar-refractivity contribution in [2.75, 3.05) is 20.3 Å². The summed E-state index contributed by atoms with van der Waals surface area (Å²) in [4.78, 5) is 27.4. The van der Waals surface area contributed by atoms with Crippen molar-refractivity contribution >= 4 is 22.8 Å². The number of benzene rings is 3. The molecule has 1 saturated heterocycles. The average molecular weight is 881 g/mol. The highest BCUT2D eigenvalue weighted by atomic mass is 16.7. The molecule has 9 N–H and O–H groups in total. The third-order valence-electron chi connectivity index (χ3n) is 13.1. The van der Waals surface area contributed by atoms with Gasteiger partial charge in [-0.2, -0.15) is 0 Å². The van der Waals surface area contributed by atoms with E-state index in [1.54, 1.807) is 6.07 Å². The number of esters is 1. The van der Waals surface area contributed by atoms with E-state index in [0.29, 0.717) is 35.0 Å². The summed E-state index contributed by atoms with van der Waals surface area (Å²) in [6.07, 6.45) is -1.58. The summed E-state index contributed by atoms with van der Waals surface area (Å²) in [6, 6.07) is 17.4. The van der Waals surface area contributed by atoms with Crippen LogP contribution in [0.2, 0.25) is 0 Å². The number of ether oxygens (including phenoxy) is 7. The molecule has 0 radical (unpaired) electrons. The third kappa shape index (κ3) is 6.79. The van der Waals surface area contributed by atoms with Crippen molar-refractivity contribution in [3.63, 3.8) is 0 Å². The highest BCUT2D eigenvalue weighted by molar-refractivity contribution is 5.90. The molecular weight excluding hydrogens is 833 g/mol. The first-order valence-corrected chi connectivity index (χ1v) is 21.1. The molecule has 7 heterocycles. The zero-order valence-electron chi connectivity index (χ0n) is 34.6. The Morgan fingerprint density at radius 1 is 1.03 bits per heavy atom. The van der Waals surface area contributed by atoms with Gasteiger partial charge in [0.2, 0.25) is 12.0 Å². The molecule has 10 atom stereocenters. The molecule has 5 aliphatic rings. The fourth-order valence-electron chi connectivity index (χ4n) is 10.1. The summed E-state index contributed by atoms with van der Waals surface area (Å²) in [6.45, 7) is 0.0542. The summed E-state index contributed by atoms with van der Waals surface area (Å²) >= 11 is 0. The molecule has 64 heavy (non-hydrogen) atoms. The van der Waals surface area contributed by atoms with Gasteiger partial charge in [0.1, 0.15) is 55.1 Å². The molecule has 0 unspecified atom stereocenters. The van der Waals surface area contributed by atoms with Crippen LogP contribution in [0.4, 0.5) is 0 Å². The Bertz CT molecular complexity index is 2600. The molecular formula is C46H48N4O14. The van der Waals surface area contributed by atoms with Crippen LogP contribution < -0.4 is 34.7 Å². The molecule has 0 amide bonds. The fraction of sp³-hybridized carbons (Fsp3) is 0.391. The summed E-state index contributed by atoms with van der Waals surface area (Å²) < 4.78 is 46.7. The summed E-state index contributed by atoms with van der Waals surface area (Å²) in [5.74, 6) is -1.03. The Morgan fingerprint density at radius 2 is 1.86 bits per heavy atom. The number of aromatic nitrogens is 2. The van der Waals surface area contributed by atoms with Crippen molar-refractivity contribution in [1.82, 2.24) is 14.9 Å². The van der Waals surface area contributed by atoms with E-state index < -0.39 is 72.5 Å². The van der Waals surface area contributed by atoms with E-state index in [-0.39, 0.29) is 44.3 Å². The van der Waals surface area contributed by atoms with Gasteiger partial charge in [-0.1, -0.05) is 36.4 Å². The van der Waals surface area contributed by atoms with Crippen molar-refractivity contribution in [2.45, 2.75) is 92.3 Å². The molecule has 5 aromatic rings. The SMILES string of the molecule is COc1ccc2c(c1OCCO)O[C@H]1c3c(cc4c(c3Cn3cc5cc[nH]c5c3)CC[C@]3(O)[C@H](O4)O[C@@]4(C=CN[C@@H](N)[C@@H]4OC(=O)CC(=O)O)[C@@H](O)[C@@H]3O)O[C@H](Cc3ccccc3)[C@@H]21. The third-order valence-corrected chi connectivity index (χ3v) is 13.1. The van der Waals surface area contributed by atoms with Gasteiger partial charge >= 0.3 is 11.9 Å². The van der Waals surface area contributed by atoms with Crippen LogP contribution in [0, 0.1) is 0 Å². The minimum absolute atomic E-state index is 0.000643. The first kappa shape index (κ1) is 41.7. The topological polar surface area (TPSA) is 259 Å². The predicted octanol–water partition coefficient (Wildman–Crippen LogP) is 2.28. The minimum atomic E-state index is -2.24. The lowest BCUT2D eigenvalue weighted by Crippen LogP contribution is -2.77. The fourth-order valence-corrected chi connectivity index (χ4v) is 10.1. The second-order valence-electron chi connectivity index (χ2n) is 16.8. The van der Waals surface area contributed by atoms with Crippen LogP contribution in [0.25, 0.3) is 10.9 Å². The van der Waals surface area contributed by atoms with Gasteiger partial charge in [0.15, 0.2) is 28.8 Å². The van der Waals surface area contributed by atoms with Crippen molar-refractivity contribution in [1.29, 1.82) is 0 Å². The number of carbonyl (C=O) groups excluding carboxylic acids is 1. The number of hydrogen-bond donors (Lipinski definition) is 8. The number of carboxylic acids is 1. The van der Waals surface area contributed by atoms with Crippen molar-refractivity contribution in [3.8, 4) is 28.7 Å². The average Bonchev–Trinajstić information content (AvgIpc) is 3.97. The summed E-state index contributed by atoms with van der Waals surface area (Å²) in [5.41, 5.74) is 6.90. The Balaban J connectivity index is 1.12. The number of carboxylic acid groups (broad SMARTS) is 1. The van der Waals surface area contributed by atoms with Gasteiger partial charge < -0.3 is 79.3 Å².